The van der Waals surface area contributed by atoms with Crippen LogP contribution in [0.15, 0.2) is 48.6 Å². The van der Waals surface area contributed by atoms with Crippen LogP contribution in [0.5, 0.6) is 0 Å². The summed E-state index contributed by atoms with van der Waals surface area (Å²) in [6.45, 7) is 4.18. The van der Waals surface area contributed by atoms with Crippen molar-refractivity contribution in [2.45, 2.75) is 25.2 Å². The van der Waals surface area contributed by atoms with Crippen LogP contribution in [0.25, 0.3) is 5.57 Å². The first-order valence-corrected chi connectivity index (χ1v) is 9.40. The van der Waals surface area contributed by atoms with E-state index in [0.717, 1.165) is 11.1 Å². The number of sulfonamides is 1. The van der Waals surface area contributed by atoms with Gasteiger partial charge < -0.3 is 4.74 Å². The summed E-state index contributed by atoms with van der Waals surface area (Å²) in [6.07, 6.45) is 10.7. The molecular weight excluding hydrogens is 322 g/mol. The molecule has 5 heteroatoms. The molecule has 2 rings (SSSR count). The van der Waals surface area contributed by atoms with Crippen LogP contribution in [0.4, 0.5) is 0 Å². The summed E-state index contributed by atoms with van der Waals surface area (Å²) in [4.78, 5) is -1.47. The predicted octanol–water partition coefficient (Wildman–Crippen LogP) is 2.95. The van der Waals surface area contributed by atoms with Gasteiger partial charge in [-0.2, -0.15) is 0 Å². The second-order valence-electron chi connectivity index (χ2n) is 6.11. The second-order valence-corrected chi connectivity index (χ2v) is 8.10. The van der Waals surface area contributed by atoms with Crippen LogP contribution < -0.4 is 4.72 Å². The largest absolute Gasteiger partial charge is 0.341 e. The Morgan fingerprint density at radius 2 is 2.04 bits per heavy atom. The van der Waals surface area contributed by atoms with Crippen molar-refractivity contribution in [3.05, 3.63) is 54.1 Å². The Balaban J connectivity index is 2.27. The Kier molecular flexibility index (Phi) is 6.00. The van der Waals surface area contributed by atoms with Gasteiger partial charge in [0.25, 0.3) is 0 Å². The molecule has 0 saturated carbocycles. The Morgan fingerprint density at radius 1 is 1.33 bits per heavy atom. The Labute approximate surface area is 144 Å². The lowest BCUT2D eigenvalue weighted by atomic mass is 9.98. The van der Waals surface area contributed by atoms with E-state index in [2.05, 4.69) is 10.6 Å². The maximum atomic E-state index is 12.8. The van der Waals surface area contributed by atoms with Gasteiger partial charge in [0.05, 0.1) is 0 Å². The average Bonchev–Trinajstić information content (AvgIpc) is 2.59. The Morgan fingerprint density at radius 3 is 2.58 bits per heavy atom. The standard InChI is InChI=1S/C19H23NO3S/c1-4-14-23-19(24(21,22)20-15-16(2)3)12-10-18(11-13-19)17-8-6-5-7-9-17/h1,5-12,16,20H,13-15H2,2-3H3. The van der Waals surface area contributed by atoms with Crippen LogP contribution in [0, 0.1) is 18.3 Å². The zero-order chi connectivity index (χ0) is 17.6. The summed E-state index contributed by atoms with van der Waals surface area (Å²) in [5.41, 5.74) is 2.00. The molecule has 1 aliphatic rings. The normalized spacial score (nSPS) is 20.7. The maximum absolute atomic E-state index is 12.8. The van der Waals surface area contributed by atoms with Gasteiger partial charge in [-0.3, -0.25) is 0 Å². The van der Waals surface area contributed by atoms with Crippen molar-refractivity contribution >= 4 is 15.6 Å². The van der Waals surface area contributed by atoms with E-state index < -0.39 is 15.0 Å². The summed E-state index contributed by atoms with van der Waals surface area (Å²) >= 11 is 0. The lowest BCUT2D eigenvalue weighted by Crippen LogP contribution is -2.48. The molecule has 1 aromatic carbocycles. The smallest absolute Gasteiger partial charge is 0.245 e. The van der Waals surface area contributed by atoms with E-state index in [1.165, 1.54) is 0 Å². The van der Waals surface area contributed by atoms with Crippen LogP contribution in [-0.2, 0) is 14.8 Å². The molecule has 0 aliphatic heterocycles. The minimum absolute atomic E-state index is 0.0680. The third kappa shape index (κ3) is 4.15. The molecule has 1 aliphatic carbocycles. The molecule has 4 nitrogen and oxygen atoms in total. The molecule has 0 saturated heterocycles. The van der Waals surface area contributed by atoms with Gasteiger partial charge >= 0.3 is 0 Å². The fraction of sp³-hybridized carbons (Fsp3) is 0.368. The van der Waals surface area contributed by atoms with E-state index >= 15 is 0 Å². The Bertz CT molecular complexity index is 758. The fourth-order valence-corrected chi connectivity index (χ4v) is 3.96. The Hall–Kier alpha value is -1.87. The number of nitrogens with one attached hydrogen (secondary N) is 1. The first-order valence-electron chi connectivity index (χ1n) is 7.91. The molecule has 1 N–H and O–H groups in total. The lowest BCUT2D eigenvalue weighted by Gasteiger charge is -2.31. The third-order valence-corrected chi connectivity index (χ3v) is 5.64. The quantitative estimate of drug-likeness (QED) is 0.773. The topological polar surface area (TPSA) is 55.4 Å². The molecule has 1 atom stereocenters. The van der Waals surface area contributed by atoms with Gasteiger partial charge in [0.1, 0.15) is 6.61 Å². The van der Waals surface area contributed by atoms with Gasteiger partial charge in [-0.15, -0.1) is 6.42 Å². The highest BCUT2D eigenvalue weighted by Gasteiger charge is 2.43. The van der Waals surface area contributed by atoms with Crippen LogP contribution in [-0.4, -0.2) is 26.5 Å². The number of hydrogen-bond donors (Lipinski definition) is 1. The van der Waals surface area contributed by atoms with Crippen molar-refractivity contribution in [3.8, 4) is 12.3 Å². The number of ether oxygens (including phenoxy) is 1. The third-order valence-electron chi connectivity index (χ3n) is 3.77. The van der Waals surface area contributed by atoms with E-state index in [-0.39, 0.29) is 18.9 Å². The minimum Gasteiger partial charge on any atom is -0.341 e. The first kappa shape index (κ1) is 18.5. The molecule has 128 valence electrons. The van der Waals surface area contributed by atoms with Gasteiger partial charge in [-0.25, -0.2) is 13.1 Å². The zero-order valence-corrected chi connectivity index (χ0v) is 14.8. The second kappa shape index (κ2) is 7.80. The summed E-state index contributed by atoms with van der Waals surface area (Å²) in [7, 11) is -3.72. The highest BCUT2D eigenvalue weighted by Crippen LogP contribution is 2.33. The van der Waals surface area contributed by atoms with Gasteiger partial charge in [-0.1, -0.05) is 62.3 Å². The van der Waals surface area contributed by atoms with E-state index in [0.29, 0.717) is 6.54 Å². The monoisotopic (exact) mass is 345 g/mol. The number of allylic oxidation sites excluding steroid dienone is 2. The van der Waals surface area contributed by atoms with Crippen molar-refractivity contribution in [1.82, 2.24) is 4.72 Å². The molecule has 0 bridgehead atoms. The van der Waals surface area contributed by atoms with Crippen molar-refractivity contribution in [2.75, 3.05) is 13.2 Å². The summed E-state index contributed by atoms with van der Waals surface area (Å²) in [5.74, 6) is 2.55. The predicted molar refractivity (Wildman–Crippen MR) is 97.5 cm³/mol. The van der Waals surface area contributed by atoms with Crippen molar-refractivity contribution < 1.29 is 13.2 Å². The average molecular weight is 345 g/mol. The molecule has 0 spiro atoms. The number of terminal acetylenes is 1. The van der Waals surface area contributed by atoms with Gasteiger partial charge in [0.15, 0.2) is 0 Å². The summed E-state index contributed by atoms with van der Waals surface area (Å²) < 4.78 is 33.8. The maximum Gasteiger partial charge on any atom is 0.245 e. The molecule has 1 unspecified atom stereocenters. The van der Waals surface area contributed by atoms with E-state index in [1.807, 2.05) is 50.3 Å². The fourth-order valence-electron chi connectivity index (χ4n) is 2.40. The highest BCUT2D eigenvalue weighted by atomic mass is 32.2. The summed E-state index contributed by atoms with van der Waals surface area (Å²) in [5, 5.41) is 0. The highest BCUT2D eigenvalue weighted by molar-refractivity contribution is 7.90. The molecule has 0 radical (unpaired) electrons. The van der Waals surface area contributed by atoms with E-state index in [9.17, 15) is 8.42 Å². The number of hydrogen-bond acceptors (Lipinski definition) is 3. The lowest BCUT2D eigenvalue weighted by molar-refractivity contribution is 0.0769. The zero-order valence-electron chi connectivity index (χ0n) is 14.0. The molecule has 0 aromatic heterocycles. The summed E-state index contributed by atoms with van der Waals surface area (Å²) in [6, 6.07) is 9.80. The molecule has 24 heavy (non-hydrogen) atoms. The minimum atomic E-state index is -3.72. The van der Waals surface area contributed by atoms with Crippen molar-refractivity contribution in [1.29, 1.82) is 0 Å². The van der Waals surface area contributed by atoms with Gasteiger partial charge in [0, 0.05) is 13.0 Å². The number of rotatable bonds is 7. The van der Waals surface area contributed by atoms with Crippen LogP contribution >= 0.6 is 0 Å². The van der Waals surface area contributed by atoms with E-state index in [1.54, 1.807) is 12.2 Å². The SMILES string of the molecule is C#CCOC1(S(=O)(=O)NCC(C)C)C=CC(c2ccccc2)=CC1. The van der Waals surface area contributed by atoms with Gasteiger partial charge in [-0.05, 0) is 23.1 Å². The van der Waals surface area contributed by atoms with Crippen LogP contribution in [0.3, 0.4) is 0 Å². The van der Waals surface area contributed by atoms with Crippen LogP contribution in [0.1, 0.15) is 25.8 Å². The molecule has 0 heterocycles. The molecule has 1 aromatic rings. The van der Waals surface area contributed by atoms with Gasteiger partial charge in [0.2, 0.25) is 15.0 Å². The molecule has 0 fully saturated rings. The molecule has 0 amide bonds. The van der Waals surface area contributed by atoms with E-state index in [4.69, 9.17) is 11.2 Å². The van der Waals surface area contributed by atoms with Crippen LogP contribution in [0.2, 0.25) is 0 Å². The molecular formula is C19H23NO3S. The number of benzene rings is 1. The van der Waals surface area contributed by atoms with Crippen molar-refractivity contribution in [2.24, 2.45) is 5.92 Å². The van der Waals surface area contributed by atoms with Crippen molar-refractivity contribution in [3.63, 3.8) is 0 Å². The first-order chi connectivity index (χ1) is 11.4.